The first-order chi connectivity index (χ1) is 21.0. The fourth-order valence-corrected chi connectivity index (χ4v) is 12.5. The third-order valence-corrected chi connectivity index (χ3v) is 14.3. The number of hydrogen-bond acceptors (Lipinski definition) is 4. The minimum absolute atomic E-state index is 0.0337. The zero-order valence-corrected chi connectivity index (χ0v) is 26.0. The van der Waals surface area contributed by atoms with Gasteiger partial charge in [0.1, 0.15) is 5.75 Å². The van der Waals surface area contributed by atoms with E-state index in [-0.39, 0.29) is 16.9 Å². The molecule has 1 aliphatic carbocycles. The van der Waals surface area contributed by atoms with Crippen molar-refractivity contribution in [1.29, 1.82) is 0 Å². The van der Waals surface area contributed by atoms with E-state index >= 15 is 0 Å². The highest BCUT2D eigenvalue weighted by Crippen LogP contribution is 2.65. The number of nitrogens with zero attached hydrogens (tertiary/aromatic N) is 4. The third kappa shape index (κ3) is 2.96. The second-order valence-electron chi connectivity index (χ2n) is 15.4. The molecular formula is C38H46N4O. The van der Waals surface area contributed by atoms with Crippen molar-refractivity contribution in [2.45, 2.75) is 108 Å². The fraction of sp³-hybridized carbons (Fsp3) is 0.605. The number of piperidine rings is 2. The summed E-state index contributed by atoms with van der Waals surface area (Å²) in [4.78, 5) is 11.1. The summed E-state index contributed by atoms with van der Waals surface area (Å²) in [6, 6.07) is 15.0. The van der Waals surface area contributed by atoms with Crippen molar-refractivity contribution in [2.24, 2.45) is 15.8 Å². The van der Waals surface area contributed by atoms with Crippen molar-refractivity contribution in [3.8, 4) is 5.75 Å². The molecule has 7 aliphatic rings. The van der Waals surface area contributed by atoms with Crippen molar-refractivity contribution >= 4 is 22.3 Å². The maximum absolute atomic E-state index is 12.0. The van der Waals surface area contributed by atoms with Crippen LogP contribution in [0.25, 0.3) is 10.9 Å². The molecule has 5 heteroatoms. The SMILES string of the molecule is CCC12CCCN3CCc4c(n(c5ccccc45)C(c4cc5c(cc4O)N=C4CCC6(CC)CCCN7CCC45C76)C1)C32. The van der Waals surface area contributed by atoms with E-state index in [0.717, 1.165) is 30.5 Å². The molecule has 2 aromatic carbocycles. The van der Waals surface area contributed by atoms with Crippen LogP contribution in [0, 0.1) is 10.8 Å². The molecule has 3 saturated heterocycles. The highest BCUT2D eigenvalue weighted by atomic mass is 16.3. The summed E-state index contributed by atoms with van der Waals surface area (Å²) in [7, 11) is 0. The number of rotatable bonds is 3. The molecule has 43 heavy (non-hydrogen) atoms. The molecular weight excluding hydrogens is 528 g/mol. The lowest BCUT2D eigenvalue weighted by atomic mass is 9.53. The first kappa shape index (κ1) is 25.7. The molecule has 6 atom stereocenters. The van der Waals surface area contributed by atoms with Gasteiger partial charge in [0.05, 0.1) is 23.2 Å². The number of aliphatic imine (C=N–C) groups is 1. The van der Waals surface area contributed by atoms with E-state index in [9.17, 15) is 5.11 Å². The predicted octanol–water partition coefficient (Wildman–Crippen LogP) is 7.81. The van der Waals surface area contributed by atoms with E-state index in [4.69, 9.17) is 4.99 Å². The van der Waals surface area contributed by atoms with Crippen LogP contribution in [-0.2, 0) is 11.8 Å². The number of phenols is 1. The monoisotopic (exact) mass is 574 g/mol. The Bertz CT molecular complexity index is 1720. The molecule has 6 unspecified atom stereocenters. The first-order valence-electron chi connectivity index (χ1n) is 17.6. The summed E-state index contributed by atoms with van der Waals surface area (Å²) in [6.07, 6.45) is 13.6. The molecule has 6 aliphatic heterocycles. The normalized spacial score (nSPS) is 37.5. The van der Waals surface area contributed by atoms with E-state index < -0.39 is 0 Å². The predicted molar refractivity (Wildman–Crippen MR) is 173 cm³/mol. The summed E-state index contributed by atoms with van der Waals surface area (Å²) in [5.41, 5.74) is 10.3. The summed E-state index contributed by atoms with van der Waals surface area (Å²) >= 11 is 0. The lowest BCUT2D eigenvalue weighted by Crippen LogP contribution is -2.61. The molecule has 1 aromatic heterocycles. The average molecular weight is 575 g/mol. The smallest absolute Gasteiger partial charge is 0.123 e. The van der Waals surface area contributed by atoms with E-state index in [1.54, 1.807) is 11.3 Å². The summed E-state index contributed by atoms with van der Waals surface area (Å²) in [5, 5.41) is 13.4. The van der Waals surface area contributed by atoms with Gasteiger partial charge in [-0.25, -0.2) is 0 Å². The largest absolute Gasteiger partial charge is 0.508 e. The molecule has 224 valence electrons. The van der Waals surface area contributed by atoms with Gasteiger partial charge in [0.25, 0.3) is 0 Å². The number of hydrogen-bond donors (Lipinski definition) is 1. The third-order valence-electron chi connectivity index (χ3n) is 14.3. The van der Waals surface area contributed by atoms with Gasteiger partial charge in [-0.1, -0.05) is 32.0 Å². The Labute approximate surface area is 256 Å². The maximum Gasteiger partial charge on any atom is 0.123 e. The zero-order valence-electron chi connectivity index (χ0n) is 26.0. The topological polar surface area (TPSA) is 44.0 Å². The Balaban J connectivity index is 1.20. The van der Waals surface area contributed by atoms with Crippen molar-refractivity contribution in [2.75, 3.05) is 26.2 Å². The van der Waals surface area contributed by atoms with Crippen LogP contribution in [0.5, 0.6) is 5.75 Å². The van der Waals surface area contributed by atoms with Crippen LogP contribution in [0.15, 0.2) is 41.4 Å². The van der Waals surface area contributed by atoms with Crippen LogP contribution in [0.2, 0.25) is 0 Å². The molecule has 1 spiro atoms. The van der Waals surface area contributed by atoms with Gasteiger partial charge in [-0.3, -0.25) is 14.8 Å². The number of para-hydroxylation sites is 1. The van der Waals surface area contributed by atoms with Crippen molar-refractivity contribution in [3.63, 3.8) is 0 Å². The molecule has 5 nitrogen and oxygen atoms in total. The number of aromatic hydroxyl groups is 1. The van der Waals surface area contributed by atoms with Gasteiger partial charge in [0.2, 0.25) is 0 Å². The second-order valence-corrected chi connectivity index (χ2v) is 15.4. The van der Waals surface area contributed by atoms with E-state index in [1.165, 1.54) is 99.7 Å². The second kappa shape index (κ2) is 8.54. The molecule has 1 saturated carbocycles. The lowest BCUT2D eigenvalue weighted by molar-refractivity contribution is -0.0314. The molecule has 7 heterocycles. The average Bonchev–Trinajstić information content (AvgIpc) is 3.70. The number of aromatic nitrogens is 1. The van der Waals surface area contributed by atoms with Gasteiger partial charge in [0.15, 0.2) is 0 Å². The van der Waals surface area contributed by atoms with E-state index in [2.05, 4.69) is 64.6 Å². The highest BCUT2D eigenvalue weighted by Gasteiger charge is 2.65. The molecule has 0 bridgehead atoms. The quantitative estimate of drug-likeness (QED) is 0.347. The van der Waals surface area contributed by atoms with Gasteiger partial charge in [-0.05, 0) is 124 Å². The van der Waals surface area contributed by atoms with Crippen LogP contribution in [-0.4, -0.2) is 57.4 Å². The van der Waals surface area contributed by atoms with Crippen LogP contribution < -0.4 is 0 Å². The molecule has 4 fully saturated rings. The zero-order chi connectivity index (χ0) is 28.7. The van der Waals surface area contributed by atoms with Crippen molar-refractivity contribution in [1.82, 2.24) is 14.4 Å². The van der Waals surface area contributed by atoms with Crippen LogP contribution in [0.4, 0.5) is 5.69 Å². The molecule has 10 rings (SSSR count). The van der Waals surface area contributed by atoms with Crippen LogP contribution in [0.1, 0.15) is 113 Å². The summed E-state index contributed by atoms with van der Waals surface area (Å²) in [5.74, 6) is 0.461. The first-order valence-corrected chi connectivity index (χ1v) is 17.6. The van der Waals surface area contributed by atoms with Gasteiger partial charge in [0, 0.05) is 46.5 Å². The Morgan fingerprint density at radius 2 is 1.70 bits per heavy atom. The number of phenolic OH excluding ortho intramolecular Hbond substituents is 1. The minimum Gasteiger partial charge on any atom is -0.508 e. The fourth-order valence-electron chi connectivity index (χ4n) is 12.5. The van der Waals surface area contributed by atoms with Gasteiger partial charge < -0.3 is 9.67 Å². The van der Waals surface area contributed by atoms with Crippen molar-refractivity contribution < 1.29 is 5.11 Å². The number of fused-ring (bicyclic) bond motifs is 4. The van der Waals surface area contributed by atoms with Crippen molar-refractivity contribution in [3.05, 3.63) is 58.8 Å². The minimum atomic E-state index is 0.0337. The molecule has 3 aromatic rings. The maximum atomic E-state index is 12.0. The lowest BCUT2D eigenvalue weighted by Gasteiger charge is -2.57. The Kier molecular flexibility index (Phi) is 5.10. The molecule has 0 amide bonds. The summed E-state index contributed by atoms with van der Waals surface area (Å²) < 4.78 is 2.72. The van der Waals surface area contributed by atoms with Gasteiger partial charge >= 0.3 is 0 Å². The van der Waals surface area contributed by atoms with Gasteiger partial charge in [-0.2, -0.15) is 0 Å². The van der Waals surface area contributed by atoms with E-state index in [1.807, 2.05) is 0 Å². The van der Waals surface area contributed by atoms with Crippen LogP contribution in [0.3, 0.4) is 0 Å². The van der Waals surface area contributed by atoms with Gasteiger partial charge in [-0.15, -0.1) is 0 Å². The molecule has 1 N–H and O–H groups in total. The van der Waals surface area contributed by atoms with E-state index in [0.29, 0.717) is 23.2 Å². The highest BCUT2D eigenvalue weighted by molar-refractivity contribution is 6.04. The standard InChI is InChI=1S/C38H46N4O/c1-3-36-13-7-18-41-20-16-38(35(36)41)27-21-26(31(43)22-28(27)39-32(38)11-15-36)30-23-37(4-2)14-8-17-40-19-12-25-24-9-5-6-10-29(24)42(30)33(25)34(37)40/h5-6,9-10,21-22,30,34-35,43H,3-4,7-8,11-20,23H2,1-2H3. The Morgan fingerprint density at radius 1 is 0.884 bits per heavy atom. The number of benzene rings is 2. The summed E-state index contributed by atoms with van der Waals surface area (Å²) in [6.45, 7) is 9.73. The Morgan fingerprint density at radius 3 is 2.56 bits per heavy atom. The molecule has 0 radical (unpaired) electrons. The Hall–Kier alpha value is -2.63. The van der Waals surface area contributed by atoms with Crippen LogP contribution >= 0.6 is 0 Å².